The largest absolute Gasteiger partial charge is 0.472 e. The molecular weight excluding hydrogens is 1170 g/mol. The van der Waals surface area contributed by atoms with E-state index in [1.165, 1.54) is 411 Å². The van der Waals surface area contributed by atoms with Gasteiger partial charge in [-0.1, -0.05) is 437 Å². The van der Waals surface area contributed by atoms with Crippen molar-refractivity contribution in [3.05, 3.63) is 12.2 Å². The van der Waals surface area contributed by atoms with E-state index in [9.17, 15) is 19.0 Å². The van der Waals surface area contributed by atoms with Gasteiger partial charge >= 0.3 is 19.8 Å². The Kier molecular flexibility index (Phi) is 78.7. The van der Waals surface area contributed by atoms with E-state index in [0.717, 1.165) is 32.1 Å². The fourth-order valence-electron chi connectivity index (χ4n) is 13.4. The van der Waals surface area contributed by atoms with Crippen LogP contribution in [-0.4, -0.2) is 49.3 Å². The molecule has 0 aromatic carbocycles. The maximum atomic E-state index is 12.8. The maximum absolute atomic E-state index is 12.8. The lowest BCUT2D eigenvalue weighted by molar-refractivity contribution is -0.161. The molecule has 0 spiro atoms. The van der Waals surface area contributed by atoms with Crippen LogP contribution in [0.25, 0.3) is 0 Å². The number of hydrogen-bond donors (Lipinski definition) is 2. The highest BCUT2D eigenvalue weighted by Gasteiger charge is 2.26. The van der Waals surface area contributed by atoms with Crippen molar-refractivity contribution in [1.82, 2.24) is 0 Å². The second kappa shape index (κ2) is 79.7. The van der Waals surface area contributed by atoms with E-state index in [1.807, 2.05) is 0 Å². The molecule has 0 aliphatic rings. The van der Waals surface area contributed by atoms with Crippen molar-refractivity contribution in [3.8, 4) is 0 Å². The van der Waals surface area contributed by atoms with Crippen molar-refractivity contribution in [3.63, 3.8) is 0 Å². The lowest BCUT2D eigenvalue weighted by Gasteiger charge is -2.19. The van der Waals surface area contributed by atoms with Crippen LogP contribution < -0.4 is 5.73 Å². The zero-order chi connectivity index (χ0) is 67.2. The second-order valence-electron chi connectivity index (χ2n) is 29.1. The summed E-state index contributed by atoms with van der Waals surface area (Å²) in [4.78, 5) is 35.5. The summed E-state index contributed by atoms with van der Waals surface area (Å²) in [5.41, 5.74) is 5.42. The molecule has 0 rings (SSSR count). The first-order chi connectivity index (χ1) is 45.8. The van der Waals surface area contributed by atoms with Gasteiger partial charge in [-0.15, -0.1) is 0 Å². The molecule has 0 amide bonds. The third-order valence-electron chi connectivity index (χ3n) is 19.7. The number of ether oxygens (including phenoxy) is 2. The van der Waals surface area contributed by atoms with Crippen LogP contribution in [0.5, 0.6) is 0 Å². The molecule has 0 aliphatic carbocycles. The fraction of sp³-hybridized carbons (Fsp3) is 0.952. The van der Waals surface area contributed by atoms with E-state index in [2.05, 4.69) is 26.0 Å². The lowest BCUT2D eigenvalue weighted by Crippen LogP contribution is -2.29. The number of allylic oxidation sites excluding steroid dienone is 2. The van der Waals surface area contributed by atoms with Crippen molar-refractivity contribution in [1.29, 1.82) is 0 Å². The molecule has 3 N–H and O–H groups in total. The van der Waals surface area contributed by atoms with E-state index in [4.69, 9.17) is 24.3 Å². The fourth-order valence-corrected chi connectivity index (χ4v) is 14.2. The minimum atomic E-state index is -4.39. The van der Waals surface area contributed by atoms with Gasteiger partial charge in [-0.05, 0) is 38.5 Å². The van der Waals surface area contributed by atoms with Gasteiger partial charge in [0, 0.05) is 19.4 Å². The van der Waals surface area contributed by atoms with E-state index < -0.39 is 26.5 Å². The summed E-state index contributed by atoms with van der Waals surface area (Å²) in [6.45, 7) is 3.85. The summed E-state index contributed by atoms with van der Waals surface area (Å²) in [6.07, 6.45) is 99.6. The number of phosphoric acid groups is 1. The molecule has 93 heavy (non-hydrogen) atoms. The number of phosphoric ester groups is 1. The molecule has 0 saturated heterocycles. The smallest absolute Gasteiger partial charge is 0.462 e. The Balaban J connectivity index is 3.71. The van der Waals surface area contributed by atoms with Crippen LogP contribution in [0.3, 0.4) is 0 Å². The number of rotatable bonds is 82. The van der Waals surface area contributed by atoms with Gasteiger partial charge in [0.25, 0.3) is 0 Å². The average Bonchev–Trinajstić information content (AvgIpc) is 3.70. The van der Waals surface area contributed by atoms with Gasteiger partial charge in [0.15, 0.2) is 6.10 Å². The lowest BCUT2D eigenvalue weighted by atomic mass is 10.0. The number of unbranched alkanes of at least 4 members (excludes halogenated alkanes) is 67. The Bertz CT molecular complexity index is 1530. The van der Waals surface area contributed by atoms with Crippen LogP contribution in [0.15, 0.2) is 12.2 Å². The Morgan fingerprint density at radius 2 is 0.527 bits per heavy atom. The Morgan fingerprint density at radius 3 is 0.763 bits per heavy atom. The number of carbonyl (C=O) groups is 2. The molecule has 0 heterocycles. The van der Waals surface area contributed by atoms with Crippen molar-refractivity contribution in [2.24, 2.45) is 5.73 Å². The van der Waals surface area contributed by atoms with Crippen molar-refractivity contribution >= 4 is 19.8 Å². The molecule has 554 valence electrons. The van der Waals surface area contributed by atoms with Crippen molar-refractivity contribution in [2.45, 2.75) is 482 Å². The van der Waals surface area contributed by atoms with Crippen molar-refractivity contribution in [2.75, 3.05) is 26.4 Å². The molecular formula is C83H164NO8P. The molecule has 0 bridgehead atoms. The molecule has 0 aromatic rings. The molecule has 10 heteroatoms. The van der Waals surface area contributed by atoms with E-state index >= 15 is 0 Å². The topological polar surface area (TPSA) is 134 Å². The summed E-state index contributed by atoms with van der Waals surface area (Å²) in [6, 6.07) is 0. The standard InChI is InChI=1S/C83H164NO8P/c1-3-5-7-9-11-13-15-17-19-21-23-25-27-29-31-33-35-37-39-40-42-43-45-47-49-51-53-55-57-59-61-63-65-67-69-71-73-75-82(85)89-79-81(80-91-93(87,88)90-78-77-84)92-83(86)76-74-72-70-68-66-64-62-60-58-56-54-52-50-48-46-44-41-38-36-34-32-30-28-26-24-22-20-18-16-14-12-10-8-6-4-2/h22,24,81H,3-21,23,25-80,84H2,1-2H3,(H,87,88)/b24-22-. The van der Waals surface area contributed by atoms with E-state index in [0.29, 0.717) is 6.42 Å². The van der Waals surface area contributed by atoms with Crippen LogP contribution in [0.4, 0.5) is 0 Å². The zero-order valence-corrected chi connectivity index (χ0v) is 63.7. The molecule has 0 fully saturated rings. The molecule has 2 unspecified atom stereocenters. The van der Waals surface area contributed by atoms with Crippen LogP contribution in [0.2, 0.25) is 0 Å². The van der Waals surface area contributed by atoms with Gasteiger partial charge in [-0.25, -0.2) is 4.57 Å². The van der Waals surface area contributed by atoms with Gasteiger partial charge in [0.2, 0.25) is 0 Å². The van der Waals surface area contributed by atoms with E-state index in [-0.39, 0.29) is 38.6 Å². The summed E-state index contributed by atoms with van der Waals surface area (Å²) in [5, 5.41) is 0. The molecule has 9 nitrogen and oxygen atoms in total. The van der Waals surface area contributed by atoms with Crippen LogP contribution in [-0.2, 0) is 32.7 Å². The minimum absolute atomic E-state index is 0.0582. The first-order valence-corrected chi connectivity index (χ1v) is 43.7. The Labute approximate surface area is 580 Å². The van der Waals surface area contributed by atoms with Crippen LogP contribution in [0.1, 0.15) is 476 Å². The van der Waals surface area contributed by atoms with Gasteiger partial charge < -0.3 is 20.1 Å². The van der Waals surface area contributed by atoms with Gasteiger partial charge in [-0.3, -0.25) is 18.6 Å². The first-order valence-electron chi connectivity index (χ1n) is 42.2. The number of carbonyl (C=O) groups excluding carboxylic acids is 2. The Hall–Kier alpha value is -1.25. The first kappa shape index (κ1) is 91.8. The normalized spacial score (nSPS) is 12.8. The highest BCUT2D eigenvalue weighted by Crippen LogP contribution is 2.43. The highest BCUT2D eigenvalue weighted by molar-refractivity contribution is 7.47. The monoisotopic (exact) mass is 1330 g/mol. The molecule has 2 atom stereocenters. The average molecular weight is 1340 g/mol. The zero-order valence-electron chi connectivity index (χ0n) is 62.8. The molecule has 0 saturated carbocycles. The Morgan fingerprint density at radius 1 is 0.312 bits per heavy atom. The SMILES string of the molecule is CCCCCCCCCC/C=C\CCCCCCCCCCCCCCCCCCCCCCCCCC(=O)OC(COC(=O)CCCCCCCCCCCCCCCCCCCCCCCCCCCCCCCCCCCCCCC)COP(=O)(O)OCCN. The summed E-state index contributed by atoms with van der Waals surface area (Å²) in [7, 11) is -4.39. The van der Waals surface area contributed by atoms with Gasteiger partial charge in [0.05, 0.1) is 13.2 Å². The third kappa shape index (κ3) is 79.6. The summed E-state index contributed by atoms with van der Waals surface area (Å²) >= 11 is 0. The van der Waals surface area contributed by atoms with Crippen LogP contribution >= 0.6 is 7.82 Å². The number of esters is 2. The highest BCUT2D eigenvalue weighted by atomic mass is 31.2. The number of hydrogen-bond acceptors (Lipinski definition) is 8. The number of nitrogens with two attached hydrogens (primary N) is 1. The predicted molar refractivity (Wildman–Crippen MR) is 405 cm³/mol. The van der Waals surface area contributed by atoms with E-state index in [1.54, 1.807) is 0 Å². The molecule has 0 aliphatic heterocycles. The quantitative estimate of drug-likeness (QED) is 0.0264. The maximum Gasteiger partial charge on any atom is 0.472 e. The van der Waals surface area contributed by atoms with Crippen LogP contribution in [0, 0.1) is 0 Å². The van der Waals surface area contributed by atoms with Gasteiger partial charge in [-0.2, -0.15) is 0 Å². The summed E-state index contributed by atoms with van der Waals surface area (Å²) < 4.78 is 33.3. The summed E-state index contributed by atoms with van der Waals surface area (Å²) in [5.74, 6) is -0.795. The predicted octanol–water partition coefficient (Wildman–Crippen LogP) is 28.2. The third-order valence-corrected chi connectivity index (χ3v) is 20.6. The minimum Gasteiger partial charge on any atom is -0.462 e. The van der Waals surface area contributed by atoms with Crippen molar-refractivity contribution < 1.29 is 37.6 Å². The van der Waals surface area contributed by atoms with Gasteiger partial charge in [0.1, 0.15) is 6.61 Å². The molecule has 0 radical (unpaired) electrons. The second-order valence-corrected chi connectivity index (χ2v) is 30.5. The molecule has 0 aromatic heterocycles.